The monoisotopic (exact) mass is 496 g/mol. The molecule has 34 heavy (non-hydrogen) atoms. The Kier molecular flexibility index (Phi) is 15.8. The van der Waals surface area contributed by atoms with Gasteiger partial charge in [0.2, 0.25) is 5.51 Å². The number of unbranched alkanes of at least 4 members (excludes halogenated alkanes) is 9. The van der Waals surface area contributed by atoms with E-state index in [4.69, 9.17) is 10.8 Å². The first-order valence-corrected chi connectivity index (χ1v) is 13.2. The maximum Gasteiger partial charge on any atom is 0.294 e. The summed E-state index contributed by atoms with van der Waals surface area (Å²) in [5.74, 6) is 1.22. The first-order valence-electron chi connectivity index (χ1n) is 12.3. The number of aliphatic hydroxyl groups is 1. The van der Waals surface area contributed by atoms with Gasteiger partial charge in [-0.25, -0.2) is 9.97 Å². The van der Waals surface area contributed by atoms with Crippen LogP contribution in [0.1, 0.15) is 93.1 Å². The van der Waals surface area contributed by atoms with Crippen LogP contribution in [0, 0.1) is 24.0 Å². The molecule has 0 saturated heterocycles. The van der Waals surface area contributed by atoms with E-state index < -0.39 is 5.09 Å². The normalized spacial score (nSPS) is 10.6. The molecule has 3 N–H and O–H groups in total. The summed E-state index contributed by atoms with van der Waals surface area (Å²) in [7, 11) is 0. The lowest BCUT2D eigenvalue weighted by atomic mass is 10.1. The Balaban J connectivity index is 0.000000344. The summed E-state index contributed by atoms with van der Waals surface area (Å²) in [4.78, 5) is 23.6. The summed E-state index contributed by atoms with van der Waals surface area (Å²) in [6.45, 7) is 7.20. The number of nitrogen functional groups attached to an aromatic ring is 1. The molecule has 0 amide bonds. The number of rotatable bonds is 16. The van der Waals surface area contributed by atoms with Gasteiger partial charge in [0.25, 0.3) is 5.09 Å². The van der Waals surface area contributed by atoms with Crippen LogP contribution in [0.5, 0.6) is 0 Å². The summed E-state index contributed by atoms with van der Waals surface area (Å²) in [5.41, 5.74) is 10.0. The summed E-state index contributed by atoms with van der Waals surface area (Å²) >= 11 is 1.65. The Morgan fingerprint density at radius 1 is 1.12 bits per heavy atom. The third-order valence-corrected chi connectivity index (χ3v) is 6.69. The van der Waals surface area contributed by atoms with Crippen molar-refractivity contribution in [3.8, 4) is 0 Å². The molecule has 2 rings (SSSR count). The Hall–Kier alpha value is -2.33. The fraction of sp³-hybridized carbons (Fsp3) is 0.708. The summed E-state index contributed by atoms with van der Waals surface area (Å²) in [5, 5.41) is 18.1. The molecule has 0 spiro atoms. The minimum Gasteiger partial charge on any atom is -0.396 e. The third kappa shape index (κ3) is 12.8. The van der Waals surface area contributed by atoms with E-state index in [0.29, 0.717) is 24.6 Å². The zero-order valence-corrected chi connectivity index (χ0v) is 21.8. The molecule has 9 nitrogen and oxygen atoms in total. The number of thiazole rings is 1. The van der Waals surface area contributed by atoms with Crippen molar-refractivity contribution in [2.75, 3.05) is 18.9 Å². The molecule has 0 fully saturated rings. The van der Waals surface area contributed by atoms with Crippen molar-refractivity contribution >= 4 is 17.2 Å². The quantitative estimate of drug-likeness (QED) is 0.149. The number of hydrogen-bond acceptors (Lipinski definition) is 8. The number of aliphatic hydroxyl groups excluding tert-OH is 1. The van der Waals surface area contributed by atoms with Gasteiger partial charge in [-0.2, -0.15) is 4.57 Å². The fourth-order valence-corrected chi connectivity index (χ4v) is 4.48. The number of aryl methyl sites for hydroxylation is 1. The molecule has 0 atom stereocenters. The van der Waals surface area contributed by atoms with Crippen molar-refractivity contribution in [1.29, 1.82) is 0 Å². The number of hydrogen-bond donors (Lipinski definition) is 2. The van der Waals surface area contributed by atoms with Gasteiger partial charge in [0.15, 0.2) is 12.2 Å². The second-order valence-corrected chi connectivity index (χ2v) is 9.34. The van der Waals surface area contributed by atoms with Crippen molar-refractivity contribution in [3.05, 3.63) is 43.8 Å². The van der Waals surface area contributed by atoms with Crippen LogP contribution < -0.4 is 10.3 Å². The Labute approximate surface area is 207 Å². The first-order chi connectivity index (χ1) is 16.4. The van der Waals surface area contributed by atoms with Gasteiger partial charge < -0.3 is 15.7 Å². The van der Waals surface area contributed by atoms with Gasteiger partial charge in [0.05, 0.1) is 17.0 Å². The van der Waals surface area contributed by atoms with Gasteiger partial charge in [-0.15, -0.1) is 10.1 Å². The van der Waals surface area contributed by atoms with Crippen LogP contribution in [0.4, 0.5) is 5.82 Å². The van der Waals surface area contributed by atoms with Crippen LogP contribution in [0.15, 0.2) is 11.7 Å². The van der Waals surface area contributed by atoms with Crippen LogP contribution in [-0.4, -0.2) is 33.4 Å². The van der Waals surface area contributed by atoms with E-state index >= 15 is 0 Å². The predicted molar refractivity (Wildman–Crippen MR) is 135 cm³/mol. The van der Waals surface area contributed by atoms with Gasteiger partial charge in [0.1, 0.15) is 11.6 Å². The van der Waals surface area contributed by atoms with E-state index in [1.165, 1.54) is 56.2 Å². The molecular formula is C24H42N5O4S+. The van der Waals surface area contributed by atoms with Crippen LogP contribution >= 0.6 is 11.3 Å². The topological polar surface area (TPSA) is 128 Å². The number of anilines is 1. The lowest BCUT2D eigenvalue weighted by Crippen LogP contribution is -2.35. The molecule has 0 saturated carbocycles. The summed E-state index contributed by atoms with van der Waals surface area (Å²) < 4.78 is 2.11. The molecular weight excluding hydrogens is 454 g/mol. The SMILES string of the molecule is CCCCCCCCCCCCO[N+](=O)[O-].Cc1ncc(C[n+]2csc(CCO)c2C)c(N)n1. The van der Waals surface area contributed by atoms with E-state index in [9.17, 15) is 10.1 Å². The number of nitrogens with two attached hydrogens (primary N) is 1. The molecule has 0 unspecified atom stereocenters. The Morgan fingerprint density at radius 3 is 2.29 bits per heavy atom. The second-order valence-electron chi connectivity index (χ2n) is 8.40. The fourth-order valence-electron chi connectivity index (χ4n) is 3.50. The summed E-state index contributed by atoms with van der Waals surface area (Å²) in [6.07, 6.45) is 14.8. The lowest BCUT2D eigenvalue weighted by Gasteiger charge is -2.01. The molecule has 0 aliphatic rings. The molecule has 2 aromatic rings. The zero-order chi connectivity index (χ0) is 25.2. The molecule has 0 radical (unpaired) electrons. The van der Waals surface area contributed by atoms with Gasteiger partial charge in [-0.3, -0.25) is 0 Å². The van der Waals surface area contributed by atoms with E-state index in [1.54, 1.807) is 17.5 Å². The average molecular weight is 497 g/mol. The van der Waals surface area contributed by atoms with E-state index in [2.05, 4.69) is 26.3 Å². The standard InChI is InChI=1S/C12H17N4OS.C12H25NO3/c1-8-11(3-4-17)18-7-16(8)6-10-5-14-9(2)15-12(10)13;1-2-3-4-5-6-7-8-9-10-11-12-16-13(14)15/h5,7,17H,3-4,6H2,1-2H3,(H2,13,14,15);2-12H2,1H3/q+1;. The molecule has 2 aromatic heterocycles. The smallest absolute Gasteiger partial charge is 0.294 e. The molecule has 10 heteroatoms. The summed E-state index contributed by atoms with van der Waals surface area (Å²) in [6, 6.07) is 0. The Morgan fingerprint density at radius 2 is 1.74 bits per heavy atom. The van der Waals surface area contributed by atoms with Crippen LogP contribution in [-0.2, 0) is 17.8 Å². The first kappa shape index (κ1) is 29.7. The Bertz CT molecular complexity index is 832. The highest BCUT2D eigenvalue weighted by Crippen LogP contribution is 2.14. The van der Waals surface area contributed by atoms with Gasteiger partial charge >= 0.3 is 0 Å². The van der Waals surface area contributed by atoms with Crippen LogP contribution in [0.25, 0.3) is 0 Å². The van der Waals surface area contributed by atoms with Gasteiger partial charge in [0, 0.05) is 26.1 Å². The van der Waals surface area contributed by atoms with Crippen molar-refractivity contribution in [2.45, 2.75) is 97.9 Å². The van der Waals surface area contributed by atoms with Crippen molar-refractivity contribution in [2.24, 2.45) is 0 Å². The second kappa shape index (κ2) is 18.1. The molecule has 0 bridgehead atoms. The van der Waals surface area contributed by atoms with Gasteiger partial charge in [-0.05, 0) is 13.3 Å². The van der Waals surface area contributed by atoms with Crippen molar-refractivity contribution in [3.63, 3.8) is 0 Å². The van der Waals surface area contributed by atoms with E-state index in [1.807, 2.05) is 19.4 Å². The average Bonchev–Trinajstić information content (AvgIpc) is 3.14. The highest BCUT2D eigenvalue weighted by atomic mass is 32.1. The van der Waals surface area contributed by atoms with E-state index in [-0.39, 0.29) is 13.2 Å². The minimum absolute atomic E-state index is 0.178. The lowest BCUT2D eigenvalue weighted by molar-refractivity contribution is -0.757. The number of nitrogens with zero attached hydrogens (tertiary/aromatic N) is 4. The molecule has 0 aromatic carbocycles. The molecule has 192 valence electrons. The van der Waals surface area contributed by atoms with Crippen LogP contribution in [0.3, 0.4) is 0 Å². The molecule has 0 aliphatic carbocycles. The largest absolute Gasteiger partial charge is 0.396 e. The van der Waals surface area contributed by atoms with Gasteiger partial charge in [-0.1, -0.05) is 76.0 Å². The minimum atomic E-state index is -0.715. The number of aromatic nitrogens is 3. The maximum atomic E-state index is 9.84. The highest BCUT2D eigenvalue weighted by Gasteiger charge is 2.17. The third-order valence-electron chi connectivity index (χ3n) is 5.55. The zero-order valence-electron chi connectivity index (χ0n) is 21.0. The van der Waals surface area contributed by atoms with E-state index in [0.717, 1.165) is 24.1 Å². The van der Waals surface area contributed by atoms with Crippen molar-refractivity contribution < 1.29 is 19.6 Å². The maximum absolute atomic E-state index is 9.84. The van der Waals surface area contributed by atoms with Crippen LogP contribution in [0.2, 0.25) is 0 Å². The van der Waals surface area contributed by atoms with Crippen molar-refractivity contribution in [1.82, 2.24) is 9.97 Å². The highest BCUT2D eigenvalue weighted by molar-refractivity contribution is 7.09. The molecule has 0 aliphatic heterocycles. The predicted octanol–water partition coefficient (Wildman–Crippen LogP) is 4.72. The molecule has 2 heterocycles.